The van der Waals surface area contributed by atoms with Gasteiger partial charge in [0.15, 0.2) is 5.82 Å². The van der Waals surface area contributed by atoms with Gasteiger partial charge in [0.1, 0.15) is 5.75 Å². The summed E-state index contributed by atoms with van der Waals surface area (Å²) in [5, 5.41) is 12.8. The maximum Gasteiger partial charge on any atom is 0.173 e. The van der Waals surface area contributed by atoms with Crippen molar-refractivity contribution >= 4 is 0 Å². The molecule has 2 aromatic rings. The van der Waals surface area contributed by atoms with E-state index in [-0.39, 0.29) is 11.6 Å². The van der Waals surface area contributed by atoms with Crippen LogP contribution in [0, 0.1) is 0 Å². The summed E-state index contributed by atoms with van der Waals surface area (Å²) in [7, 11) is 1.70. The van der Waals surface area contributed by atoms with Crippen LogP contribution in [0.2, 0.25) is 0 Å². The Labute approximate surface area is 161 Å². The van der Waals surface area contributed by atoms with E-state index in [4.69, 9.17) is 4.74 Å². The van der Waals surface area contributed by atoms with Crippen LogP contribution in [-0.4, -0.2) is 69.3 Å². The molecule has 2 aliphatic heterocycles. The minimum absolute atomic E-state index is 0.0490. The van der Waals surface area contributed by atoms with Gasteiger partial charge in [-0.05, 0) is 68.3 Å². The third-order valence-corrected chi connectivity index (χ3v) is 5.79. The van der Waals surface area contributed by atoms with Gasteiger partial charge >= 0.3 is 0 Å². The van der Waals surface area contributed by atoms with Crippen LogP contribution in [0.15, 0.2) is 24.3 Å². The first-order chi connectivity index (χ1) is 13.0. The van der Waals surface area contributed by atoms with Gasteiger partial charge in [-0.1, -0.05) is 12.1 Å². The predicted molar refractivity (Wildman–Crippen MR) is 104 cm³/mol. The molecule has 1 aromatic heterocycles. The monoisotopic (exact) mass is 370 g/mol. The summed E-state index contributed by atoms with van der Waals surface area (Å²) >= 11 is 0. The molecule has 0 amide bonds. The van der Waals surface area contributed by atoms with Crippen molar-refractivity contribution in [2.75, 3.05) is 33.3 Å². The van der Waals surface area contributed by atoms with Crippen LogP contribution in [0.25, 0.3) is 0 Å². The van der Waals surface area contributed by atoms with Crippen LogP contribution in [0.3, 0.4) is 0 Å². The lowest BCUT2D eigenvalue weighted by Gasteiger charge is -2.41. The standard InChI is InChI=1S/C20H30N6O/c1-20(2,3)26-19(21-22-23-26)18(15-7-9-17(27-4)10-8-15)25-13-12-24-11-5-6-16(24)14-25/h7-10,16,18H,5-6,11-14H2,1-4H3/t16-,18-/m1/s1. The fourth-order valence-electron chi connectivity index (χ4n) is 4.40. The number of tetrazole rings is 1. The van der Waals surface area contributed by atoms with Crippen LogP contribution in [0.4, 0.5) is 0 Å². The highest BCUT2D eigenvalue weighted by molar-refractivity contribution is 5.32. The number of hydrogen-bond donors (Lipinski definition) is 0. The molecule has 146 valence electrons. The van der Waals surface area contributed by atoms with Gasteiger partial charge in [0.25, 0.3) is 0 Å². The Bertz CT molecular complexity index is 766. The summed E-state index contributed by atoms with van der Waals surface area (Å²) in [5.41, 5.74) is 1.04. The molecule has 1 aromatic carbocycles. The van der Waals surface area contributed by atoms with Crippen molar-refractivity contribution < 1.29 is 4.74 Å². The molecule has 0 aliphatic carbocycles. The van der Waals surface area contributed by atoms with Crippen molar-refractivity contribution in [1.82, 2.24) is 30.0 Å². The van der Waals surface area contributed by atoms with Crippen molar-refractivity contribution in [3.05, 3.63) is 35.7 Å². The SMILES string of the molecule is COc1ccc([C@H](c2nnnn2C(C)(C)C)N2CCN3CCC[C@@H]3C2)cc1. The largest absolute Gasteiger partial charge is 0.497 e. The molecule has 7 nitrogen and oxygen atoms in total. The quantitative estimate of drug-likeness (QED) is 0.823. The molecule has 0 saturated carbocycles. The molecular formula is C20H30N6O. The van der Waals surface area contributed by atoms with E-state index in [1.807, 2.05) is 16.8 Å². The van der Waals surface area contributed by atoms with Gasteiger partial charge in [0, 0.05) is 25.7 Å². The molecule has 2 fully saturated rings. The number of benzene rings is 1. The zero-order chi connectivity index (χ0) is 19.0. The Morgan fingerprint density at radius 1 is 1.11 bits per heavy atom. The molecule has 2 atom stereocenters. The summed E-state index contributed by atoms with van der Waals surface area (Å²) in [4.78, 5) is 5.19. The van der Waals surface area contributed by atoms with Crippen LogP contribution >= 0.6 is 0 Å². The van der Waals surface area contributed by atoms with Crippen molar-refractivity contribution in [3.63, 3.8) is 0 Å². The summed E-state index contributed by atoms with van der Waals surface area (Å²) in [6.07, 6.45) is 2.60. The van der Waals surface area contributed by atoms with E-state index in [9.17, 15) is 0 Å². The Morgan fingerprint density at radius 3 is 2.59 bits per heavy atom. The minimum atomic E-state index is -0.168. The normalized spacial score (nSPS) is 22.6. The van der Waals surface area contributed by atoms with E-state index in [2.05, 4.69) is 58.2 Å². The Morgan fingerprint density at radius 2 is 1.89 bits per heavy atom. The number of hydrogen-bond acceptors (Lipinski definition) is 6. The van der Waals surface area contributed by atoms with Crippen molar-refractivity contribution in [3.8, 4) is 5.75 Å². The highest BCUT2D eigenvalue weighted by atomic mass is 16.5. The molecule has 3 heterocycles. The lowest BCUT2D eigenvalue weighted by Crippen LogP contribution is -2.51. The van der Waals surface area contributed by atoms with Gasteiger partial charge in [-0.2, -0.15) is 0 Å². The summed E-state index contributed by atoms with van der Waals surface area (Å²) in [6, 6.07) is 9.04. The van der Waals surface area contributed by atoms with Gasteiger partial charge in [-0.3, -0.25) is 9.80 Å². The number of piperazine rings is 1. The van der Waals surface area contributed by atoms with Crippen LogP contribution < -0.4 is 4.74 Å². The number of ether oxygens (including phenoxy) is 1. The molecule has 0 N–H and O–H groups in total. The zero-order valence-electron chi connectivity index (χ0n) is 16.8. The van der Waals surface area contributed by atoms with E-state index < -0.39 is 0 Å². The van der Waals surface area contributed by atoms with Crippen molar-refractivity contribution in [2.45, 2.75) is 51.2 Å². The third-order valence-electron chi connectivity index (χ3n) is 5.79. The predicted octanol–water partition coefficient (Wildman–Crippen LogP) is 2.31. The van der Waals surface area contributed by atoms with Crippen molar-refractivity contribution in [1.29, 1.82) is 0 Å². The first-order valence-corrected chi connectivity index (χ1v) is 9.88. The summed E-state index contributed by atoms with van der Waals surface area (Å²) in [6.45, 7) is 10.9. The zero-order valence-corrected chi connectivity index (χ0v) is 16.8. The second-order valence-corrected chi connectivity index (χ2v) is 8.62. The molecule has 0 bridgehead atoms. The summed E-state index contributed by atoms with van der Waals surface area (Å²) in [5.74, 6) is 1.78. The molecule has 0 spiro atoms. The van der Waals surface area contributed by atoms with Gasteiger partial charge in [0.2, 0.25) is 0 Å². The fraction of sp³-hybridized carbons (Fsp3) is 0.650. The lowest BCUT2D eigenvalue weighted by atomic mass is 10.00. The fourth-order valence-corrected chi connectivity index (χ4v) is 4.40. The van der Waals surface area contributed by atoms with E-state index in [1.165, 1.54) is 24.9 Å². The molecular weight excluding hydrogens is 340 g/mol. The van der Waals surface area contributed by atoms with Gasteiger partial charge < -0.3 is 4.74 Å². The molecule has 0 unspecified atom stereocenters. The molecule has 0 radical (unpaired) electrons. The highest BCUT2D eigenvalue weighted by Gasteiger charge is 2.37. The second kappa shape index (κ2) is 7.20. The average Bonchev–Trinajstić information content (AvgIpc) is 3.31. The number of aromatic nitrogens is 4. The van der Waals surface area contributed by atoms with E-state index in [0.29, 0.717) is 6.04 Å². The second-order valence-electron chi connectivity index (χ2n) is 8.62. The van der Waals surface area contributed by atoms with Crippen LogP contribution in [-0.2, 0) is 5.54 Å². The van der Waals surface area contributed by atoms with Gasteiger partial charge in [-0.15, -0.1) is 5.10 Å². The molecule has 7 heteroatoms. The maximum absolute atomic E-state index is 5.35. The molecule has 27 heavy (non-hydrogen) atoms. The van der Waals surface area contributed by atoms with Crippen LogP contribution in [0.5, 0.6) is 5.75 Å². The summed E-state index contributed by atoms with van der Waals surface area (Å²) < 4.78 is 7.33. The number of rotatable bonds is 4. The Hall–Kier alpha value is -1.99. The maximum atomic E-state index is 5.35. The van der Waals surface area contributed by atoms with Gasteiger partial charge in [0.05, 0.1) is 18.7 Å². The number of nitrogens with zero attached hydrogens (tertiary/aromatic N) is 6. The average molecular weight is 371 g/mol. The van der Waals surface area contributed by atoms with E-state index >= 15 is 0 Å². The van der Waals surface area contributed by atoms with E-state index in [1.54, 1.807) is 7.11 Å². The first kappa shape index (κ1) is 18.4. The van der Waals surface area contributed by atoms with Crippen LogP contribution in [0.1, 0.15) is 51.0 Å². The lowest BCUT2D eigenvalue weighted by molar-refractivity contribution is 0.0776. The van der Waals surface area contributed by atoms with Crippen molar-refractivity contribution in [2.24, 2.45) is 0 Å². The molecule has 4 rings (SSSR count). The van der Waals surface area contributed by atoms with E-state index in [0.717, 1.165) is 31.2 Å². The topological polar surface area (TPSA) is 59.3 Å². The first-order valence-electron chi connectivity index (χ1n) is 9.88. The number of fused-ring (bicyclic) bond motifs is 1. The Kier molecular flexibility index (Phi) is 4.90. The minimum Gasteiger partial charge on any atom is -0.497 e. The smallest absolute Gasteiger partial charge is 0.173 e. The third kappa shape index (κ3) is 3.58. The van der Waals surface area contributed by atoms with Gasteiger partial charge in [-0.25, -0.2) is 4.68 Å². The molecule has 2 saturated heterocycles. The highest BCUT2D eigenvalue weighted by Crippen LogP contribution is 2.34. The molecule has 2 aliphatic rings. The Balaban J connectivity index is 1.72. The number of methoxy groups -OCH3 is 1.